The Bertz CT molecular complexity index is 656. The van der Waals surface area contributed by atoms with E-state index in [1.165, 1.54) is 0 Å². The second-order valence-corrected chi connectivity index (χ2v) is 6.47. The number of rotatable bonds is 5. The molecule has 1 aromatic rings. The van der Waals surface area contributed by atoms with Gasteiger partial charge in [0.2, 0.25) is 10.0 Å². The summed E-state index contributed by atoms with van der Waals surface area (Å²) in [6.45, 7) is 1.65. The first-order chi connectivity index (χ1) is 9.24. The van der Waals surface area contributed by atoms with Crippen LogP contribution in [0.5, 0.6) is 0 Å². The summed E-state index contributed by atoms with van der Waals surface area (Å²) in [5.74, 6) is -4.56. The summed E-state index contributed by atoms with van der Waals surface area (Å²) >= 11 is 0. The summed E-state index contributed by atoms with van der Waals surface area (Å²) in [5, 5.41) is 8.72. The number of carboxylic acid groups (broad SMARTS) is 1. The zero-order valence-electron chi connectivity index (χ0n) is 10.6. The first kappa shape index (κ1) is 14.9. The van der Waals surface area contributed by atoms with Gasteiger partial charge >= 0.3 is 5.97 Å². The maximum absolute atomic E-state index is 13.9. The fourth-order valence-electron chi connectivity index (χ4n) is 1.94. The highest BCUT2D eigenvalue weighted by molar-refractivity contribution is 7.89. The number of benzene rings is 1. The van der Waals surface area contributed by atoms with Crippen molar-refractivity contribution in [2.75, 3.05) is 0 Å². The van der Waals surface area contributed by atoms with Crippen LogP contribution in [0.15, 0.2) is 17.0 Å². The molecule has 0 bridgehead atoms. The molecule has 110 valence electrons. The molecule has 1 unspecified atom stereocenters. The number of sulfonamides is 1. The van der Waals surface area contributed by atoms with Crippen LogP contribution in [0.3, 0.4) is 0 Å². The molecule has 8 heteroatoms. The van der Waals surface area contributed by atoms with Gasteiger partial charge in [-0.2, -0.15) is 0 Å². The third-order valence-electron chi connectivity index (χ3n) is 3.23. The first-order valence-corrected chi connectivity index (χ1v) is 7.46. The number of carboxylic acids is 1. The van der Waals surface area contributed by atoms with Crippen LogP contribution in [-0.2, 0) is 10.0 Å². The van der Waals surface area contributed by atoms with Crippen LogP contribution in [0.1, 0.15) is 30.1 Å². The topological polar surface area (TPSA) is 83.5 Å². The average molecular weight is 305 g/mol. The molecule has 2 N–H and O–H groups in total. The van der Waals surface area contributed by atoms with Crippen molar-refractivity contribution < 1.29 is 27.1 Å². The first-order valence-electron chi connectivity index (χ1n) is 5.97. The van der Waals surface area contributed by atoms with Crippen LogP contribution in [0, 0.1) is 17.6 Å². The van der Waals surface area contributed by atoms with Crippen molar-refractivity contribution in [2.45, 2.75) is 30.7 Å². The maximum Gasteiger partial charge on any atom is 0.341 e. The summed E-state index contributed by atoms with van der Waals surface area (Å²) in [5.41, 5.74) is -1.27. The van der Waals surface area contributed by atoms with Gasteiger partial charge in [-0.3, -0.25) is 0 Å². The molecule has 1 aliphatic rings. The van der Waals surface area contributed by atoms with E-state index in [1.54, 1.807) is 6.92 Å². The second-order valence-electron chi connectivity index (χ2n) is 4.79. The Labute approximate surface area is 114 Å². The van der Waals surface area contributed by atoms with Crippen molar-refractivity contribution in [2.24, 2.45) is 5.92 Å². The molecular weight excluding hydrogens is 292 g/mol. The molecule has 20 heavy (non-hydrogen) atoms. The largest absolute Gasteiger partial charge is 0.477 e. The minimum absolute atomic E-state index is 0.201. The monoisotopic (exact) mass is 305 g/mol. The summed E-state index contributed by atoms with van der Waals surface area (Å²) in [7, 11) is -4.22. The molecular formula is C12H13F2NO4S. The van der Waals surface area contributed by atoms with Gasteiger partial charge in [-0.1, -0.05) is 0 Å². The number of carbonyl (C=O) groups is 1. The summed E-state index contributed by atoms with van der Waals surface area (Å²) in [4.78, 5) is 9.91. The third kappa shape index (κ3) is 2.80. The van der Waals surface area contributed by atoms with Gasteiger partial charge < -0.3 is 5.11 Å². The molecule has 5 nitrogen and oxygen atoms in total. The fraction of sp³-hybridized carbons (Fsp3) is 0.417. The molecule has 1 saturated carbocycles. The van der Waals surface area contributed by atoms with Gasteiger partial charge in [0.15, 0.2) is 5.82 Å². The Hall–Kier alpha value is -1.54. The molecule has 2 rings (SSSR count). The van der Waals surface area contributed by atoms with E-state index in [-0.39, 0.29) is 12.0 Å². The highest BCUT2D eigenvalue weighted by atomic mass is 32.2. The smallest absolute Gasteiger partial charge is 0.341 e. The number of halogens is 2. The lowest BCUT2D eigenvalue weighted by molar-refractivity contribution is 0.0685. The van der Waals surface area contributed by atoms with Gasteiger partial charge in [-0.25, -0.2) is 26.7 Å². The van der Waals surface area contributed by atoms with E-state index < -0.39 is 38.1 Å². The highest BCUT2D eigenvalue weighted by Crippen LogP contribution is 2.33. The molecule has 1 aliphatic carbocycles. The predicted molar refractivity (Wildman–Crippen MR) is 65.8 cm³/mol. The lowest BCUT2D eigenvalue weighted by Gasteiger charge is -2.14. The van der Waals surface area contributed by atoms with E-state index in [4.69, 9.17) is 5.11 Å². The Balaban J connectivity index is 2.41. The predicted octanol–water partition coefficient (Wildman–Crippen LogP) is 1.74. The molecule has 0 aliphatic heterocycles. The molecule has 0 heterocycles. The van der Waals surface area contributed by atoms with E-state index in [0.29, 0.717) is 6.07 Å². The van der Waals surface area contributed by atoms with Crippen molar-refractivity contribution in [3.63, 3.8) is 0 Å². The second kappa shape index (κ2) is 5.10. The van der Waals surface area contributed by atoms with Crippen molar-refractivity contribution in [1.82, 2.24) is 4.72 Å². The minimum atomic E-state index is -4.22. The van der Waals surface area contributed by atoms with E-state index in [0.717, 1.165) is 18.9 Å². The average Bonchev–Trinajstić information content (AvgIpc) is 3.10. The molecule has 0 amide bonds. The quantitative estimate of drug-likeness (QED) is 0.868. The van der Waals surface area contributed by atoms with E-state index >= 15 is 0 Å². The molecule has 0 radical (unpaired) electrons. The van der Waals surface area contributed by atoms with Gasteiger partial charge in [0, 0.05) is 6.04 Å². The summed E-state index contributed by atoms with van der Waals surface area (Å²) in [6.07, 6.45) is 1.77. The SMILES string of the molecule is CC(NS(=O)(=O)c1ccc(F)c(C(=O)O)c1F)C1CC1. The Kier molecular flexibility index (Phi) is 3.79. The lowest BCUT2D eigenvalue weighted by atomic mass is 10.2. The van der Waals surface area contributed by atoms with Gasteiger partial charge in [-0.15, -0.1) is 0 Å². The fourth-order valence-corrected chi connectivity index (χ4v) is 3.33. The van der Waals surface area contributed by atoms with E-state index in [1.807, 2.05) is 0 Å². The van der Waals surface area contributed by atoms with Crippen LogP contribution in [0.4, 0.5) is 8.78 Å². The number of aromatic carboxylic acids is 1. The Morgan fingerprint density at radius 3 is 2.50 bits per heavy atom. The van der Waals surface area contributed by atoms with Crippen molar-refractivity contribution in [1.29, 1.82) is 0 Å². The van der Waals surface area contributed by atoms with Gasteiger partial charge in [0.25, 0.3) is 0 Å². The molecule has 0 saturated heterocycles. The van der Waals surface area contributed by atoms with Crippen molar-refractivity contribution in [3.05, 3.63) is 29.3 Å². The minimum Gasteiger partial charge on any atom is -0.477 e. The van der Waals surface area contributed by atoms with Crippen LogP contribution in [0.2, 0.25) is 0 Å². The van der Waals surface area contributed by atoms with Crippen LogP contribution < -0.4 is 4.72 Å². The maximum atomic E-state index is 13.9. The normalized spacial score (nSPS) is 16.9. The molecule has 1 atom stereocenters. The van der Waals surface area contributed by atoms with Crippen LogP contribution in [0.25, 0.3) is 0 Å². The van der Waals surface area contributed by atoms with E-state index in [9.17, 15) is 22.0 Å². The van der Waals surface area contributed by atoms with Crippen molar-refractivity contribution in [3.8, 4) is 0 Å². The summed E-state index contributed by atoms with van der Waals surface area (Å²) in [6, 6.07) is 0.972. The number of hydrogen-bond donors (Lipinski definition) is 2. The number of hydrogen-bond acceptors (Lipinski definition) is 3. The van der Waals surface area contributed by atoms with Gasteiger partial charge in [0.1, 0.15) is 16.3 Å². The van der Waals surface area contributed by atoms with Gasteiger partial charge in [0.05, 0.1) is 0 Å². The number of nitrogens with one attached hydrogen (secondary N) is 1. The molecule has 0 aromatic heterocycles. The van der Waals surface area contributed by atoms with Crippen LogP contribution >= 0.6 is 0 Å². The molecule has 0 spiro atoms. The zero-order chi connectivity index (χ0) is 15.1. The third-order valence-corrected chi connectivity index (χ3v) is 4.81. The standard InChI is InChI=1S/C12H13F2NO4S/c1-6(7-2-3-7)15-20(18,19)9-5-4-8(13)10(11(9)14)12(16)17/h4-7,15H,2-3H2,1H3,(H,16,17). The Morgan fingerprint density at radius 2 is 2.00 bits per heavy atom. The highest BCUT2D eigenvalue weighted by Gasteiger charge is 2.33. The zero-order valence-corrected chi connectivity index (χ0v) is 11.4. The lowest BCUT2D eigenvalue weighted by Crippen LogP contribution is -2.34. The van der Waals surface area contributed by atoms with Crippen molar-refractivity contribution >= 4 is 16.0 Å². The summed E-state index contributed by atoms with van der Waals surface area (Å²) < 4.78 is 53.4. The van der Waals surface area contributed by atoms with Gasteiger partial charge in [-0.05, 0) is 37.8 Å². The van der Waals surface area contributed by atoms with E-state index in [2.05, 4.69) is 4.72 Å². The molecule has 1 aromatic carbocycles. The Morgan fingerprint density at radius 1 is 1.40 bits per heavy atom. The van der Waals surface area contributed by atoms with Crippen LogP contribution in [-0.4, -0.2) is 25.5 Å². The molecule has 1 fully saturated rings.